The van der Waals surface area contributed by atoms with Crippen molar-refractivity contribution >= 4 is 44.5 Å². The number of nitrogens with one attached hydrogen (secondary N) is 2. The summed E-state index contributed by atoms with van der Waals surface area (Å²) in [4.78, 5) is 13.4. The maximum absolute atomic E-state index is 12.3. The van der Waals surface area contributed by atoms with E-state index in [0.717, 1.165) is 26.3 Å². The lowest BCUT2D eigenvalue weighted by Crippen LogP contribution is -2.11. The van der Waals surface area contributed by atoms with Gasteiger partial charge in [0.25, 0.3) is 5.91 Å². The first kappa shape index (κ1) is 22.9. The molecule has 1 amide bonds. The fourth-order valence-electron chi connectivity index (χ4n) is 3.22. The normalized spacial score (nSPS) is 10.5. The third kappa shape index (κ3) is 6.15. The van der Waals surface area contributed by atoms with Crippen LogP contribution in [0.15, 0.2) is 88.7 Å². The molecular formula is C26H23BrN2O3S. The van der Waals surface area contributed by atoms with Gasteiger partial charge in [-0.2, -0.15) is 0 Å². The number of methoxy groups -OCH3 is 1. The molecule has 33 heavy (non-hydrogen) atoms. The Morgan fingerprint density at radius 3 is 2.42 bits per heavy atom. The number of halogens is 1. The molecular weight excluding hydrogens is 500 g/mol. The summed E-state index contributed by atoms with van der Waals surface area (Å²) in [6.07, 6.45) is 0. The number of benzene rings is 3. The second-order valence-electron chi connectivity index (χ2n) is 7.23. The van der Waals surface area contributed by atoms with E-state index >= 15 is 0 Å². The van der Waals surface area contributed by atoms with Crippen LogP contribution in [0.5, 0.6) is 11.5 Å². The third-order valence-electron chi connectivity index (χ3n) is 4.90. The quantitative estimate of drug-likeness (QED) is 0.249. The summed E-state index contributed by atoms with van der Waals surface area (Å²) in [5.74, 6) is 1.24. The van der Waals surface area contributed by atoms with Gasteiger partial charge in [-0.1, -0.05) is 24.3 Å². The Labute approximate surface area is 205 Å². The molecule has 2 N–H and O–H groups in total. The van der Waals surface area contributed by atoms with Crippen LogP contribution >= 0.6 is 27.3 Å². The Kier molecular flexibility index (Phi) is 7.65. The monoisotopic (exact) mass is 522 g/mol. The zero-order valence-electron chi connectivity index (χ0n) is 18.0. The molecule has 3 aromatic carbocycles. The molecule has 0 spiro atoms. The first-order chi connectivity index (χ1) is 16.1. The Morgan fingerprint density at radius 2 is 1.73 bits per heavy atom. The largest absolute Gasteiger partial charge is 0.493 e. The number of hydrogen-bond donors (Lipinski definition) is 2. The number of ether oxygens (including phenoxy) is 2. The highest BCUT2D eigenvalue weighted by atomic mass is 79.9. The zero-order valence-corrected chi connectivity index (χ0v) is 20.4. The molecule has 4 rings (SSSR count). The van der Waals surface area contributed by atoms with Crippen LogP contribution in [0.2, 0.25) is 0 Å². The summed E-state index contributed by atoms with van der Waals surface area (Å²) in [7, 11) is 1.64. The summed E-state index contributed by atoms with van der Waals surface area (Å²) in [6, 6.07) is 24.8. The number of hydrogen-bond acceptors (Lipinski definition) is 5. The van der Waals surface area contributed by atoms with Crippen LogP contribution in [0.1, 0.15) is 20.8 Å². The van der Waals surface area contributed by atoms with Crippen LogP contribution in [0, 0.1) is 0 Å². The lowest BCUT2D eigenvalue weighted by atomic mass is 10.2. The number of anilines is 2. The van der Waals surface area contributed by atoms with Gasteiger partial charge in [-0.15, -0.1) is 11.3 Å². The lowest BCUT2D eigenvalue weighted by Gasteiger charge is -2.15. The Balaban J connectivity index is 1.36. The first-order valence-corrected chi connectivity index (χ1v) is 12.0. The Morgan fingerprint density at radius 1 is 0.970 bits per heavy atom. The van der Waals surface area contributed by atoms with Gasteiger partial charge < -0.3 is 20.1 Å². The molecule has 4 aromatic rings. The standard InChI is InChI=1S/C26H23BrN2O3S/c1-31-24-15-18(14-23(27)25(24)32-17-22-8-5-13-33-22)16-28-20-9-11-21(12-10-20)29-26(30)19-6-3-2-4-7-19/h2-15,28H,16-17H2,1H3,(H,29,30). The summed E-state index contributed by atoms with van der Waals surface area (Å²) >= 11 is 5.27. The molecule has 168 valence electrons. The molecule has 0 bridgehead atoms. The topological polar surface area (TPSA) is 59.6 Å². The van der Waals surface area contributed by atoms with E-state index in [-0.39, 0.29) is 5.91 Å². The average Bonchev–Trinajstić information content (AvgIpc) is 3.37. The van der Waals surface area contributed by atoms with Gasteiger partial charge >= 0.3 is 0 Å². The van der Waals surface area contributed by atoms with Crippen molar-refractivity contribution in [1.82, 2.24) is 0 Å². The molecule has 7 heteroatoms. The number of carbonyl (C=O) groups excluding carboxylic acids is 1. The smallest absolute Gasteiger partial charge is 0.255 e. The average molecular weight is 523 g/mol. The van der Waals surface area contributed by atoms with E-state index in [0.29, 0.717) is 30.2 Å². The second kappa shape index (κ2) is 11.0. The van der Waals surface area contributed by atoms with Crippen molar-refractivity contribution in [1.29, 1.82) is 0 Å². The van der Waals surface area contributed by atoms with Gasteiger partial charge in [0.05, 0.1) is 11.6 Å². The molecule has 0 saturated heterocycles. The van der Waals surface area contributed by atoms with E-state index in [2.05, 4.69) is 26.6 Å². The third-order valence-corrected chi connectivity index (χ3v) is 6.34. The van der Waals surface area contributed by atoms with E-state index < -0.39 is 0 Å². The Bertz CT molecular complexity index is 1200. The van der Waals surface area contributed by atoms with E-state index in [1.54, 1.807) is 30.6 Å². The van der Waals surface area contributed by atoms with Crippen LogP contribution in [-0.4, -0.2) is 13.0 Å². The molecule has 0 atom stereocenters. The van der Waals surface area contributed by atoms with Gasteiger partial charge in [-0.05, 0) is 81.5 Å². The zero-order chi connectivity index (χ0) is 23.0. The van der Waals surface area contributed by atoms with Crippen molar-refractivity contribution in [2.45, 2.75) is 13.2 Å². The summed E-state index contributed by atoms with van der Waals surface area (Å²) in [6.45, 7) is 1.10. The maximum Gasteiger partial charge on any atom is 0.255 e. The van der Waals surface area contributed by atoms with Gasteiger partial charge in [-0.25, -0.2) is 0 Å². The number of carbonyl (C=O) groups is 1. The first-order valence-electron chi connectivity index (χ1n) is 10.3. The number of amides is 1. The second-order valence-corrected chi connectivity index (χ2v) is 9.11. The number of thiophene rings is 1. The van der Waals surface area contributed by atoms with Crippen molar-refractivity contribution in [2.75, 3.05) is 17.7 Å². The minimum Gasteiger partial charge on any atom is -0.493 e. The molecule has 1 heterocycles. The van der Waals surface area contributed by atoms with Crippen molar-refractivity contribution in [3.05, 3.63) is 105 Å². The van der Waals surface area contributed by atoms with Crippen molar-refractivity contribution in [2.24, 2.45) is 0 Å². The predicted molar refractivity (Wildman–Crippen MR) is 138 cm³/mol. The minimum atomic E-state index is -0.130. The lowest BCUT2D eigenvalue weighted by molar-refractivity contribution is 0.102. The minimum absolute atomic E-state index is 0.130. The summed E-state index contributed by atoms with van der Waals surface area (Å²) in [5.41, 5.74) is 3.36. The highest BCUT2D eigenvalue weighted by molar-refractivity contribution is 9.10. The molecule has 0 saturated carbocycles. The van der Waals surface area contributed by atoms with E-state index in [4.69, 9.17) is 9.47 Å². The van der Waals surface area contributed by atoms with Crippen LogP contribution in [0.3, 0.4) is 0 Å². The highest BCUT2D eigenvalue weighted by Gasteiger charge is 2.12. The van der Waals surface area contributed by atoms with Crippen LogP contribution in [-0.2, 0) is 13.2 Å². The molecule has 1 aromatic heterocycles. The molecule has 0 radical (unpaired) electrons. The molecule has 0 unspecified atom stereocenters. The van der Waals surface area contributed by atoms with E-state index in [1.165, 1.54) is 0 Å². The van der Waals surface area contributed by atoms with Crippen molar-refractivity contribution in [3.63, 3.8) is 0 Å². The van der Waals surface area contributed by atoms with Crippen LogP contribution in [0.4, 0.5) is 11.4 Å². The molecule has 0 aliphatic heterocycles. The van der Waals surface area contributed by atoms with Crippen LogP contribution < -0.4 is 20.1 Å². The Hall–Kier alpha value is -3.29. The molecule has 0 fully saturated rings. The molecule has 0 aliphatic rings. The van der Waals surface area contributed by atoms with Gasteiger partial charge in [0.2, 0.25) is 0 Å². The SMILES string of the molecule is COc1cc(CNc2ccc(NC(=O)c3ccccc3)cc2)cc(Br)c1OCc1cccs1. The van der Waals surface area contributed by atoms with Gasteiger partial charge in [0.15, 0.2) is 11.5 Å². The maximum atomic E-state index is 12.3. The van der Waals surface area contributed by atoms with Gasteiger partial charge in [-0.3, -0.25) is 4.79 Å². The summed E-state index contributed by atoms with van der Waals surface area (Å²) in [5, 5.41) is 8.34. The number of rotatable bonds is 9. The van der Waals surface area contributed by atoms with E-state index in [9.17, 15) is 4.79 Å². The molecule has 0 aliphatic carbocycles. The molecule has 5 nitrogen and oxygen atoms in total. The fraction of sp³-hybridized carbons (Fsp3) is 0.115. The summed E-state index contributed by atoms with van der Waals surface area (Å²) < 4.78 is 12.4. The van der Waals surface area contributed by atoms with Gasteiger partial charge in [0.1, 0.15) is 6.61 Å². The van der Waals surface area contributed by atoms with Crippen LogP contribution in [0.25, 0.3) is 0 Å². The van der Waals surface area contributed by atoms with E-state index in [1.807, 2.05) is 72.1 Å². The van der Waals surface area contributed by atoms with Crippen molar-refractivity contribution < 1.29 is 14.3 Å². The fourth-order valence-corrected chi connectivity index (χ4v) is 4.44. The highest BCUT2D eigenvalue weighted by Crippen LogP contribution is 2.37. The van der Waals surface area contributed by atoms with Crippen molar-refractivity contribution in [3.8, 4) is 11.5 Å². The predicted octanol–water partition coefficient (Wildman–Crippen LogP) is 6.96. The van der Waals surface area contributed by atoms with Gasteiger partial charge in [0, 0.05) is 28.4 Å².